The van der Waals surface area contributed by atoms with E-state index in [1.165, 1.54) is 30.6 Å². The molecule has 1 aromatic carbocycles. The third kappa shape index (κ3) is 1.74. The van der Waals surface area contributed by atoms with E-state index in [0.717, 1.165) is 0 Å². The van der Waals surface area contributed by atoms with Crippen molar-refractivity contribution in [2.24, 2.45) is 0 Å². The average molecular weight is 236 g/mol. The van der Waals surface area contributed by atoms with Crippen molar-refractivity contribution in [2.75, 3.05) is 0 Å². The third-order valence-electron chi connectivity index (χ3n) is 1.98. The third-order valence-corrected chi connectivity index (χ3v) is 3.64. The summed E-state index contributed by atoms with van der Waals surface area (Å²) in [6.07, 6.45) is 2.43. The summed E-state index contributed by atoms with van der Waals surface area (Å²) in [5, 5.41) is 0. The van der Waals surface area contributed by atoms with Gasteiger partial charge in [-0.15, -0.1) is 0 Å². The van der Waals surface area contributed by atoms with Crippen molar-refractivity contribution in [3.05, 3.63) is 59.3 Å². The largest absolute Gasteiger partial charge is 0.361 e. The monoisotopic (exact) mass is 236 g/mol. The zero-order chi connectivity index (χ0) is 11.6. The highest BCUT2D eigenvalue weighted by Crippen LogP contribution is 2.09. The van der Waals surface area contributed by atoms with Crippen molar-refractivity contribution in [1.82, 2.24) is 8.96 Å². The molecule has 0 aliphatic carbocycles. The first-order valence-electron chi connectivity index (χ1n) is 4.47. The highest BCUT2D eigenvalue weighted by molar-refractivity contribution is 7.90. The fourth-order valence-corrected chi connectivity index (χ4v) is 2.44. The SMILES string of the molecule is O=c1ncccn1S(=O)(=O)c1ccccc1. The number of hydrogen-bond acceptors (Lipinski definition) is 4. The van der Waals surface area contributed by atoms with Crippen LogP contribution in [0.3, 0.4) is 0 Å². The van der Waals surface area contributed by atoms with Crippen LogP contribution in [0, 0.1) is 0 Å². The minimum Gasteiger partial charge on any atom is -0.245 e. The maximum atomic E-state index is 12.0. The molecule has 2 rings (SSSR count). The molecule has 0 N–H and O–H groups in total. The molecule has 0 amide bonds. The molecule has 0 radical (unpaired) electrons. The van der Waals surface area contributed by atoms with Gasteiger partial charge < -0.3 is 0 Å². The van der Waals surface area contributed by atoms with E-state index in [1.54, 1.807) is 18.2 Å². The number of hydrogen-bond donors (Lipinski definition) is 0. The molecule has 0 bridgehead atoms. The average Bonchev–Trinajstić information content (AvgIpc) is 2.30. The van der Waals surface area contributed by atoms with Crippen molar-refractivity contribution in [3.63, 3.8) is 0 Å². The first-order valence-corrected chi connectivity index (χ1v) is 5.91. The molecular formula is C10H8N2O3S. The van der Waals surface area contributed by atoms with E-state index in [1.807, 2.05) is 0 Å². The molecule has 5 nitrogen and oxygen atoms in total. The van der Waals surface area contributed by atoms with Crippen LogP contribution in [0.4, 0.5) is 0 Å². The molecule has 1 aromatic heterocycles. The van der Waals surface area contributed by atoms with Gasteiger partial charge in [-0.1, -0.05) is 18.2 Å². The van der Waals surface area contributed by atoms with E-state index in [9.17, 15) is 13.2 Å². The number of benzene rings is 1. The second-order valence-electron chi connectivity index (χ2n) is 3.02. The van der Waals surface area contributed by atoms with Crippen LogP contribution in [0.25, 0.3) is 0 Å². The molecule has 0 saturated heterocycles. The summed E-state index contributed by atoms with van der Waals surface area (Å²) in [5.41, 5.74) is -0.814. The predicted octanol–water partition coefficient (Wildman–Crippen LogP) is 0.480. The van der Waals surface area contributed by atoms with Crippen LogP contribution < -0.4 is 5.69 Å². The Morgan fingerprint density at radius 2 is 1.75 bits per heavy atom. The molecular weight excluding hydrogens is 228 g/mol. The van der Waals surface area contributed by atoms with Crippen LogP contribution in [-0.4, -0.2) is 17.4 Å². The van der Waals surface area contributed by atoms with Crippen molar-refractivity contribution >= 4 is 10.0 Å². The van der Waals surface area contributed by atoms with Gasteiger partial charge in [0.05, 0.1) is 4.90 Å². The van der Waals surface area contributed by atoms with Crippen molar-refractivity contribution in [1.29, 1.82) is 0 Å². The lowest BCUT2D eigenvalue weighted by molar-refractivity contribution is 0.584. The number of rotatable bonds is 2. The molecule has 82 valence electrons. The normalized spacial score (nSPS) is 11.2. The van der Waals surface area contributed by atoms with Crippen LogP contribution in [0.2, 0.25) is 0 Å². The van der Waals surface area contributed by atoms with Gasteiger partial charge in [-0.2, -0.15) is 3.97 Å². The van der Waals surface area contributed by atoms with E-state index in [2.05, 4.69) is 4.98 Å². The van der Waals surface area contributed by atoms with E-state index < -0.39 is 15.7 Å². The maximum Gasteiger partial charge on any atom is 0.361 e. The van der Waals surface area contributed by atoms with Crippen LogP contribution >= 0.6 is 0 Å². The van der Waals surface area contributed by atoms with Gasteiger partial charge in [-0.25, -0.2) is 18.2 Å². The Hall–Kier alpha value is -1.95. The van der Waals surface area contributed by atoms with Gasteiger partial charge in [0, 0.05) is 12.4 Å². The molecule has 0 aliphatic rings. The quantitative estimate of drug-likeness (QED) is 0.760. The lowest BCUT2D eigenvalue weighted by Gasteiger charge is -2.05. The summed E-state index contributed by atoms with van der Waals surface area (Å²) in [5.74, 6) is 0. The van der Waals surface area contributed by atoms with Crippen molar-refractivity contribution < 1.29 is 8.42 Å². The molecule has 1 heterocycles. The summed E-state index contributed by atoms with van der Waals surface area (Å²) < 4.78 is 24.6. The minimum atomic E-state index is -3.83. The molecule has 16 heavy (non-hydrogen) atoms. The first-order chi connectivity index (χ1) is 7.62. The van der Waals surface area contributed by atoms with E-state index in [0.29, 0.717) is 3.97 Å². The predicted molar refractivity (Wildman–Crippen MR) is 57.5 cm³/mol. The topological polar surface area (TPSA) is 69.0 Å². The highest BCUT2D eigenvalue weighted by atomic mass is 32.2. The fourth-order valence-electron chi connectivity index (χ4n) is 1.23. The van der Waals surface area contributed by atoms with Gasteiger partial charge in [0.15, 0.2) is 0 Å². The van der Waals surface area contributed by atoms with E-state index >= 15 is 0 Å². The Labute approximate surface area is 92.1 Å². The summed E-state index contributed by atoms with van der Waals surface area (Å²) in [7, 11) is -3.83. The summed E-state index contributed by atoms with van der Waals surface area (Å²) in [4.78, 5) is 14.8. The lowest BCUT2D eigenvalue weighted by Crippen LogP contribution is -2.28. The Morgan fingerprint density at radius 3 is 2.38 bits per heavy atom. The van der Waals surface area contributed by atoms with Gasteiger partial charge in [0.2, 0.25) is 0 Å². The fraction of sp³-hybridized carbons (Fsp3) is 0. The molecule has 6 heteroatoms. The highest BCUT2D eigenvalue weighted by Gasteiger charge is 2.17. The minimum absolute atomic E-state index is 0.0603. The van der Waals surface area contributed by atoms with Crippen molar-refractivity contribution in [3.8, 4) is 0 Å². The molecule has 0 spiro atoms. The van der Waals surface area contributed by atoms with Crippen LogP contribution in [0.1, 0.15) is 0 Å². The Balaban J connectivity index is 2.66. The van der Waals surface area contributed by atoms with E-state index in [-0.39, 0.29) is 4.90 Å². The number of aromatic nitrogens is 2. The van der Waals surface area contributed by atoms with Crippen LogP contribution in [0.5, 0.6) is 0 Å². The zero-order valence-electron chi connectivity index (χ0n) is 8.15. The summed E-state index contributed by atoms with van der Waals surface area (Å²) in [6.45, 7) is 0. The molecule has 0 aliphatic heterocycles. The van der Waals surface area contributed by atoms with Crippen molar-refractivity contribution in [2.45, 2.75) is 4.90 Å². The molecule has 0 atom stereocenters. The lowest BCUT2D eigenvalue weighted by atomic mass is 10.4. The smallest absolute Gasteiger partial charge is 0.245 e. The van der Waals surface area contributed by atoms with Crippen LogP contribution in [-0.2, 0) is 10.0 Å². The van der Waals surface area contributed by atoms with Gasteiger partial charge in [-0.05, 0) is 18.2 Å². The van der Waals surface area contributed by atoms with Gasteiger partial charge in [0.25, 0.3) is 10.0 Å². The van der Waals surface area contributed by atoms with Gasteiger partial charge in [-0.3, -0.25) is 0 Å². The van der Waals surface area contributed by atoms with E-state index in [4.69, 9.17) is 0 Å². The first kappa shape index (κ1) is 10.6. The molecule has 2 aromatic rings. The molecule has 0 unspecified atom stereocenters. The van der Waals surface area contributed by atoms with Gasteiger partial charge in [0.1, 0.15) is 0 Å². The van der Waals surface area contributed by atoms with Crippen LogP contribution in [0.15, 0.2) is 58.5 Å². The second-order valence-corrected chi connectivity index (χ2v) is 4.83. The molecule has 0 saturated carbocycles. The Bertz CT molecular complexity index is 647. The number of nitrogens with zero attached hydrogens (tertiary/aromatic N) is 2. The maximum absolute atomic E-state index is 12.0. The summed E-state index contributed by atoms with van der Waals surface area (Å²) in [6, 6.07) is 9.12. The Morgan fingerprint density at radius 1 is 1.06 bits per heavy atom. The second kappa shape index (κ2) is 3.90. The Kier molecular flexibility index (Phi) is 2.57. The van der Waals surface area contributed by atoms with Gasteiger partial charge >= 0.3 is 5.69 Å². The standard InChI is InChI=1S/C10H8N2O3S/c13-10-11-7-4-8-12(10)16(14,15)9-5-2-1-3-6-9/h1-8H. The summed E-state index contributed by atoms with van der Waals surface area (Å²) >= 11 is 0. The zero-order valence-corrected chi connectivity index (χ0v) is 8.96. The molecule has 0 fully saturated rings.